The second-order valence-corrected chi connectivity index (χ2v) is 8.74. The SMILES string of the molecule is O=C(c1cncc2ccccc12)N1CCN(C(c2ccccc2)c2ccccc2)C(CCl)C1. The van der Waals surface area contributed by atoms with E-state index in [0.29, 0.717) is 24.5 Å². The van der Waals surface area contributed by atoms with Gasteiger partial charge in [0.05, 0.1) is 11.6 Å². The number of aromatic nitrogens is 1. The molecule has 0 spiro atoms. The summed E-state index contributed by atoms with van der Waals surface area (Å²) in [5.41, 5.74) is 3.12. The Balaban J connectivity index is 1.44. The number of pyridine rings is 1. The molecular formula is C28H26ClN3O. The standard InChI is InChI=1S/C28H26ClN3O/c29-17-24-20-31(28(33)26-19-30-18-23-13-7-8-14-25(23)26)15-16-32(24)27(21-9-3-1-4-10-21)22-11-5-2-6-12-22/h1-14,18-19,24,27H,15-17,20H2. The highest BCUT2D eigenvalue weighted by Crippen LogP contribution is 2.32. The highest BCUT2D eigenvalue weighted by molar-refractivity contribution is 6.18. The predicted molar refractivity (Wildman–Crippen MR) is 134 cm³/mol. The van der Waals surface area contributed by atoms with E-state index in [9.17, 15) is 4.79 Å². The van der Waals surface area contributed by atoms with E-state index >= 15 is 0 Å². The van der Waals surface area contributed by atoms with Crippen LogP contribution >= 0.6 is 11.6 Å². The number of rotatable bonds is 5. The van der Waals surface area contributed by atoms with Crippen LogP contribution in [-0.2, 0) is 0 Å². The lowest BCUT2D eigenvalue weighted by Gasteiger charge is -2.45. The van der Waals surface area contributed by atoms with Gasteiger partial charge in [0.2, 0.25) is 0 Å². The fourth-order valence-corrected chi connectivity index (χ4v) is 5.11. The van der Waals surface area contributed by atoms with Gasteiger partial charge in [0.1, 0.15) is 0 Å². The monoisotopic (exact) mass is 455 g/mol. The fraction of sp³-hybridized carbons (Fsp3) is 0.214. The van der Waals surface area contributed by atoms with Crippen molar-refractivity contribution in [3.8, 4) is 0 Å². The van der Waals surface area contributed by atoms with Gasteiger partial charge in [-0.25, -0.2) is 0 Å². The van der Waals surface area contributed by atoms with Crippen molar-refractivity contribution in [1.29, 1.82) is 0 Å². The minimum atomic E-state index is 0.0186. The third-order valence-electron chi connectivity index (χ3n) is 6.45. The number of fused-ring (bicyclic) bond motifs is 1. The van der Waals surface area contributed by atoms with Crippen LogP contribution in [0.25, 0.3) is 10.8 Å². The van der Waals surface area contributed by atoms with Crippen molar-refractivity contribution in [2.45, 2.75) is 12.1 Å². The van der Waals surface area contributed by atoms with Gasteiger partial charge in [-0.1, -0.05) is 84.9 Å². The van der Waals surface area contributed by atoms with E-state index in [1.165, 1.54) is 11.1 Å². The average Bonchev–Trinajstić information content (AvgIpc) is 2.89. The van der Waals surface area contributed by atoms with Crippen LogP contribution in [0.15, 0.2) is 97.3 Å². The molecule has 1 amide bonds. The van der Waals surface area contributed by atoms with Gasteiger partial charge >= 0.3 is 0 Å². The first-order valence-electron chi connectivity index (χ1n) is 11.3. The summed E-state index contributed by atoms with van der Waals surface area (Å²) in [7, 11) is 0. The zero-order valence-electron chi connectivity index (χ0n) is 18.3. The van der Waals surface area contributed by atoms with Crippen molar-refractivity contribution in [2.75, 3.05) is 25.5 Å². The van der Waals surface area contributed by atoms with E-state index in [2.05, 4.69) is 58.4 Å². The van der Waals surface area contributed by atoms with Gasteiger partial charge in [0.25, 0.3) is 5.91 Å². The Kier molecular flexibility index (Phi) is 6.38. The van der Waals surface area contributed by atoms with E-state index in [4.69, 9.17) is 11.6 Å². The van der Waals surface area contributed by atoms with Gasteiger partial charge in [-0.15, -0.1) is 11.6 Å². The number of halogens is 1. The molecule has 33 heavy (non-hydrogen) atoms. The lowest BCUT2D eigenvalue weighted by molar-refractivity contribution is 0.0438. The van der Waals surface area contributed by atoms with Crippen LogP contribution in [0.1, 0.15) is 27.5 Å². The second-order valence-electron chi connectivity index (χ2n) is 8.43. The number of amides is 1. The maximum Gasteiger partial charge on any atom is 0.256 e. The van der Waals surface area contributed by atoms with Gasteiger partial charge in [-0.05, 0) is 16.5 Å². The Bertz CT molecular complexity index is 1190. The maximum absolute atomic E-state index is 13.5. The molecule has 1 unspecified atom stereocenters. The average molecular weight is 456 g/mol. The molecule has 4 nitrogen and oxygen atoms in total. The summed E-state index contributed by atoms with van der Waals surface area (Å²) in [4.78, 5) is 22.2. The van der Waals surface area contributed by atoms with Crippen molar-refractivity contribution in [3.05, 3.63) is 114 Å². The summed E-state index contributed by atoms with van der Waals surface area (Å²) >= 11 is 6.51. The summed E-state index contributed by atoms with van der Waals surface area (Å²) in [5.74, 6) is 0.471. The molecule has 4 aromatic rings. The molecule has 0 bridgehead atoms. The number of hydrogen-bond acceptors (Lipinski definition) is 3. The Morgan fingerprint density at radius 1 is 0.879 bits per heavy atom. The zero-order valence-corrected chi connectivity index (χ0v) is 19.1. The molecule has 5 heteroatoms. The van der Waals surface area contributed by atoms with Crippen LogP contribution in [-0.4, -0.2) is 52.2 Å². The number of nitrogens with zero attached hydrogens (tertiary/aromatic N) is 3. The molecule has 0 aliphatic carbocycles. The predicted octanol–water partition coefficient (Wildman–Crippen LogP) is 5.39. The van der Waals surface area contributed by atoms with Crippen LogP contribution in [0, 0.1) is 0 Å². The number of carbonyl (C=O) groups excluding carboxylic acids is 1. The Morgan fingerprint density at radius 3 is 2.18 bits per heavy atom. The quantitative estimate of drug-likeness (QED) is 0.378. The summed E-state index contributed by atoms with van der Waals surface area (Å²) in [5, 5.41) is 1.91. The van der Waals surface area contributed by atoms with Crippen LogP contribution in [0.4, 0.5) is 0 Å². The first kappa shape index (κ1) is 21.6. The van der Waals surface area contributed by atoms with Crippen molar-refractivity contribution in [3.63, 3.8) is 0 Å². The van der Waals surface area contributed by atoms with Crippen molar-refractivity contribution < 1.29 is 4.79 Å². The van der Waals surface area contributed by atoms with Crippen molar-refractivity contribution in [2.24, 2.45) is 0 Å². The fourth-order valence-electron chi connectivity index (χ4n) is 4.83. The number of alkyl halides is 1. The molecule has 1 fully saturated rings. The summed E-state index contributed by atoms with van der Waals surface area (Å²) in [6.07, 6.45) is 3.49. The van der Waals surface area contributed by atoms with Gasteiger partial charge in [0.15, 0.2) is 0 Å². The van der Waals surface area contributed by atoms with Crippen LogP contribution in [0.3, 0.4) is 0 Å². The van der Waals surface area contributed by atoms with Gasteiger partial charge in [-0.2, -0.15) is 0 Å². The molecule has 1 saturated heterocycles. The van der Waals surface area contributed by atoms with Gasteiger partial charge in [-0.3, -0.25) is 14.7 Å². The highest BCUT2D eigenvalue weighted by atomic mass is 35.5. The first-order valence-corrected chi connectivity index (χ1v) is 11.8. The molecular weight excluding hydrogens is 430 g/mol. The Hall–Kier alpha value is -3.21. The zero-order chi connectivity index (χ0) is 22.6. The van der Waals surface area contributed by atoms with Crippen molar-refractivity contribution in [1.82, 2.24) is 14.8 Å². The topological polar surface area (TPSA) is 36.4 Å². The first-order chi connectivity index (χ1) is 16.3. The van der Waals surface area contributed by atoms with Gasteiger partial charge < -0.3 is 4.90 Å². The molecule has 5 rings (SSSR count). The second kappa shape index (κ2) is 9.74. The lowest BCUT2D eigenvalue weighted by atomic mass is 9.94. The van der Waals surface area contributed by atoms with E-state index in [-0.39, 0.29) is 18.0 Å². The molecule has 2 heterocycles. The molecule has 166 valence electrons. The molecule has 1 aliphatic heterocycles. The van der Waals surface area contributed by atoms with Gasteiger partial charge in [0, 0.05) is 49.3 Å². The molecule has 0 N–H and O–H groups in total. The van der Waals surface area contributed by atoms with E-state index in [0.717, 1.165) is 17.3 Å². The minimum absolute atomic E-state index is 0.0186. The number of carbonyl (C=O) groups is 1. The number of piperazine rings is 1. The molecule has 1 atom stereocenters. The van der Waals surface area contributed by atoms with Crippen LogP contribution in [0.5, 0.6) is 0 Å². The number of benzene rings is 3. The number of hydrogen-bond donors (Lipinski definition) is 0. The van der Waals surface area contributed by atoms with Crippen LogP contribution < -0.4 is 0 Å². The minimum Gasteiger partial charge on any atom is -0.336 e. The summed E-state index contributed by atoms with van der Waals surface area (Å²) < 4.78 is 0. The molecule has 0 saturated carbocycles. The smallest absolute Gasteiger partial charge is 0.256 e. The summed E-state index contributed by atoms with van der Waals surface area (Å²) in [6, 6.07) is 29.1. The van der Waals surface area contributed by atoms with E-state index in [1.54, 1.807) is 12.4 Å². The third-order valence-corrected chi connectivity index (χ3v) is 6.81. The van der Waals surface area contributed by atoms with E-state index < -0.39 is 0 Å². The van der Waals surface area contributed by atoms with Crippen LogP contribution in [0.2, 0.25) is 0 Å². The molecule has 3 aromatic carbocycles. The molecule has 1 aromatic heterocycles. The van der Waals surface area contributed by atoms with E-state index in [1.807, 2.05) is 41.3 Å². The third kappa shape index (κ3) is 4.37. The molecule has 0 radical (unpaired) electrons. The normalized spacial score (nSPS) is 16.9. The lowest BCUT2D eigenvalue weighted by Crippen LogP contribution is -2.56. The Labute approximate surface area is 199 Å². The van der Waals surface area contributed by atoms with Crippen molar-refractivity contribution >= 4 is 28.3 Å². The highest BCUT2D eigenvalue weighted by Gasteiger charge is 2.35. The Morgan fingerprint density at radius 2 is 1.52 bits per heavy atom. The molecule has 1 aliphatic rings. The summed E-state index contributed by atoms with van der Waals surface area (Å²) in [6.45, 7) is 1.98. The largest absolute Gasteiger partial charge is 0.336 e. The maximum atomic E-state index is 13.5.